The van der Waals surface area contributed by atoms with E-state index in [0.29, 0.717) is 24.9 Å². The molecule has 4 N–H and O–H groups in total. The third kappa shape index (κ3) is 2.61. The van der Waals surface area contributed by atoms with Gasteiger partial charge in [-0.25, -0.2) is 0 Å². The van der Waals surface area contributed by atoms with Crippen molar-refractivity contribution in [3.8, 4) is 0 Å². The Labute approximate surface area is 102 Å². The first-order valence-electron chi connectivity index (χ1n) is 6.41. The number of hydrogen-bond acceptors (Lipinski definition) is 4. The Bertz CT molecular complexity index is 291. The monoisotopic (exact) mass is 241 g/mol. The fraction of sp³-hybridized carbons (Fsp3) is 0.917. The normalized spacial score (nSPS) is 35.4. The average molecular weight is 241 g/mol. The van der Waals surface area contributed by atoms with Gasteiger partial charge in [-0.05, 0) is 39.2 Å². The maximum atomic E-state index is 11.3. The Balaban J connectivity index is 1.93. The van der Waals surface area contributed by atoms with E-state index in [9.17, 15) is 4.79 Å². The molecule has 1 saturated carbocycles. The fourth-order valence-corrected chi connectivity index (χ4v) is 3.01. The second kappa shape index (κ2) is 4.92. The Morgan fingerprint density at radius 1 is 1.29 bits per heavy atom. The molecule has 0 radical (unpaired) electrons. The highest BCUT2D eigenvalue weighted by Gasteiger charge is 2.43. The zero-order valence-corrected chi connectivity index (χ0v) is 10.5. The number of nitrogens with two attached hydrogens (primary N) is 2. The molecule has 1 amide bonds. The molecule has 1 aliphatic carbocycles. The highest BCUT2D eigenvalue weighted by molar-refractivity contribution is 5.84. The van der Waals surface area contributed by atoms with Crippen LogP contribution >= 0.6 is 0 Å². The van der Waals surface area contributed by atoms with Gasteiger partial charge in [0.25, 0.3) is 0 Å². The molecular weight excluding hydrogens is 218 g/mol. The summed E-state index contributed by atoms with van der Waals surface area (Å²) in [6, 6.07) is 0.944. The van der Waals surface area contributed by atoms with Crippen LogP contribution in [0.2, 0.25) is 0 Å². The average Bonchev–Trinajstić information content (AvgIpc) is 2.74. The van der Waals surface area contributed by atoms with Crippen LogP contribution in [0.25, 0.3) is 0 Å². The molecule has 2 aliphatic rings. The Morgan fingerprint density at radius 3 is 2.47 bits per heavy atom. The molecule has 98 valence electrons. The predicted octanol–water partition coefficient (Wildman–Crippen LogP) is -0.167. The first kappa shape index (κ1) is 12.8. The van der Waals surface area contributed by atoms with Gasteiger partial charge in [-0.2, -0.15) is 0 Å². The van der Waals surface area contributed by atoms with Gasteiger partial charge in [-0.3, -0.25) is 4.79 Å². The SMILES string of the molecule is CN(C1CCOCC1)C1CCC(N)(C(N)=O)C1. The lowest BCUT2D eigenvalue weighted by Crippen LogP contribution is -2.51. The van der Waals surface area contributed by atoms with E-state index in [1.165, 1.54) is 0 Å². The zero-order valence-electron chi connectivity index (χ0n) is 10.5. The van der Waals surface area contributed by atoms with Crippen LogP contribution in [0.4, 0.5) is 0 Å². The van der Waals surface area contributed by atoms with Crippen molar-refractivity contribution in [1.29, 1.82) is 0 Å². The molecule has 1 saturated heterocycles. The molecule has 17 heavy (non-hydrogen) atoms. The van der Waals surface area contributed by atoms with Crippen molar-refractivity contribution in [2.75, 3.05) is 20.3 Å². The van der Waals surface area contributed by atoms with E-state index in [1.54, 1.807) is 0 Å². The van der Waals surface area contributed by atoms with Crippen molar-refractivity contribution < 1.29 is 9.53 Å². The second-order valence-electron chi connectivity index (χ2n) is 5.43. The van der Waals surface area contributed by atoms with Gasteiger partial charge < -0.3 is 21.1 Å². The van der Waals surface area contributed by atoms with Crippen molar-refractivity contribution in [2.45, 2.75) is 49.7 Å². The van der Waals surface area contributed by atoms with Gasteiger partial charge in [0.15, 0.2) is 0 Å². The molecule has 0 spiro atoms. The summed E-state index contributed by atoms with van der Waals surface area (Å²) in [7, 11) is 2.13. The van der Waals surface area contributed by atoms with E-state index < -0.39 is 5.54 Å². The molecule has 5 nitrogen and oxygen atoms in total. The van der Waals surface area contributed by atoms with Gasteiger partial charge in [0.05, 0.1) is 5.54 Å². The molecule has 1 aliphatic heterocycles. The number of primary amides is 1. The molecule has 2 rings (SSSR count). The molecule has 0 bridgehead atoms. The third-order valence-electron chi connectivity index (χ3n) is 4.36. The maximum absolute atomic E-state index is 11.3. The summed E-state index contributed by atoms with van der Waals surface area (Å²) < 4.78 is 5.37. The van der Waals surface area contributed by atoms with Crippen molar-refractivity contribution in [2.24, 2.45) is 11.5 Å². The predicted molar refractivity (Wildman–Crippen MR) is 65.4 cm³/mol. The molecule has 1 heterocycles. The number of carbonyl (C=O) groups is 1. The van der Waals surface area contributed by atoms with Gasteiger partial charge in [0.1, 0.15) is 0 Å². The zero-order chi connectivity index (χ0) is 12.5. The summed E-state index contributed by atoms with van der Waals surface area (Å²) in [4.78, 5) is 13.7. The highest BCUT2D eigenvalue weighted by atomic mass is 16.5. The highest BCUT2D eigenvalue weighted by Crippen LogP contribution is 2.32. The van der Waals surface area contributed by atoms with Gasteiger partial charge in [-0.15, -0.1) is 0 Å². The van der Waals surface area contributed by atoms with Gasteiger partial charge >= 0.3 is 0 Å². The fourth-order valence-electron chi connectivity index (χ4n) is 3.01. The lowest BCUT2D eigenvalue weighted by atomic mass is 9.97. The van der Waals surface area contributed by atoms with E-state index in [-0.39, 0.29) is 5.91 Å². The number of rotatable bonds is 3. The van der Waals surface area contributed by atoms with Crippen molar-refractivity contribution in [3.05, 3.63) is 0 Å². The molecule has 0 aromatic carbocycles. The van der Waals surface area contributed by atoms with E-state index in [4.69, 9.17) is 16.2 Å². The Hall–Kier alpha value is -0.650. The van der Waals surface area contributed by atoms with Crippen LogP contribution < -0.4 is 11.5 Å². The minimum atomic E-state index is -0.788. The summed E-state index contributed by atoms with van der Waals surface area (Å²) in [6.07, 6.45) is 4.51. The number of nitrogens with zero attached hydrogens (tertiary/aromatic N) is 1. The van der Waals surface area contributed by atoms with Crippen molar-refractivity contribution in [1.82, 2.24) is 4.90 Å². The summed E-state index contributed by atoms with van der Waals surface area (Å²) in [6.45, 7) is 1.68. The first-order chi connectivity index (χ1) is 8.03. The molecule has 5 heteroatoms. The van der Waals surface area contributed by atoms with Crippen LogP contribution in [0.1, 0.15) is 32.1 Å². The molecule has 2 unspecified atom stereocenters. The van der Waals surface area contributed by atoms with E-state index in [2.05, 4.69) is 11.9 Å². The summed E-state index contributed by atoms with van der Waals surface area (Å²) in [5, 5.41) is 0. The van der Waals surface area contributed by atoms with E-state index >= 15 is 0 Å². The van der Waals surface area contributed by atoms with Crippen LogP contribution in [-0.4, -0.2) is 48.7 Å². The van der Waals surface area contributed by atoms with Gasteiger partial charge in [0, 0.05) is 25.3 Å². The lowest BCUT2D eigenvalue weighted by Gasteiger charge is -2.36. The largest absolute Gasteiger partial charge is 0.381 e. The molecule has 0 aromatic rings. The van der Waals surface area contributed by atoms with Crippen LogP contribution in [-0.2, 0) is 9.53 Å². The van der Waals surface area contributed by atoms with Crippen LogP contribution in [0.15, 0.2) is 0 Å². The Kier molecular flexibility index (Phi) is 3.70. The minimum Gasteiger partial charge on any atom is -0.381 e. The Morgan fingerprint density at radius 2 is 1.94 bits per heavy atom. The number of carbonyl (C=O) groups excluding carboxylic acids is 1. The molecule has 0 aromatic heterocycles. The van der Waals surface area contributed by atoms with E-state index in [0.717, 1.165) is 32.5 Å². The van der Waals surface area contributed by atoms with Gasteiger partial charge in [-0.1, -0.05) is 0 Å². The maximum Gasteiger partial charge on any atom is 0.237 e. The molecule has 2 fully saturated rings. The van der Waals surface area contributed by atoms with Crippen LogP contribution in [0, 0.1) is 0 Å². The summed E-state index contributed by atoms with van der Waals surface area (Å²) in [5.74, 6) is -0.361. The number of amides is 1. The number of hydrogen-bond donors (Lipinski definition) is 2. The third-order valence-corrected chi connectivity index (χ3v) is 4.36. The topological polar surface area (TPSA) is 81.6 Å². The molecule has 2 atom stereocenters. The number of ether oxygens (including phenoxy) is 1. The summed E-state index contributed by atoms with van der Waals surface area (Å²) in [5.41, 5.74) is 10.6. The minimum absolute atomic E-state index is 0.361. The molecular formula is C12H23N3O2. The second-order valence-corrected chi connectivity index (χ2v) is 5.43. The van der Waals surface area contributed by atoms with Crippen molar-refractivity contribution in [3.63, 3.8) is 0 Å². The van der Waals surface area contributed by atoms with E-state index in [1.807, 2.05) is 0 Å². The van der Waals surface area contributed by atoms with Gasteiger partial charge in [0.2, 0.25) is 5.91 Å². The van der Waals surface area contributed by atoms with Crippen LogP contribution in [0.3, 0.4) is 0 Å². The quantitative estimate of drug-likeness (QED) is 0.719. The standard InChI is InChI=1S/C12H23N3O2/c1-15(9-3-6-17-7-4-9)10-2-5-12(14,8-10)11(13)16/h9-10H,2-8,14H2,1H3,(H2,13,16). The smallest absolute Gasteiger partial charge is 0.237 e. The van der Waals surface area contributed by atoms with Crippen molar-refractivity contribution >= 4 is 5.91 Å². The summed E-state index contributed by atoms with van der Waals surface area (Å²) >= 11 is 0. The van der Waals surface area contributed by atoms with Crippen LogP contribution in [0.5, 0.6) is 0 Å². The first-order valence-corrected chi connectivity index (χ1v) is 6.41. The lowest BCUT2D eigenvalue weighted by molar-refractivity contribution is -0.123.